The van der Waals surface area contributed by atoms with E-state index in [1.54, 1.807) is 4.90 Å². The highest BCUT2D eigenvalue weighted by Crippen LogP contribution is 2.24. The van der Waals surface area contributed by atoms with Crippen molar-refractivity contribution in [2.45, 2.75) is 44.0 Å². The van der Waals surface area contributed by atoms with Crippen molar-refractivity contribution in [2.75, 3.05) is 20.2 Å². The first-order valence-electron chi connectivity index (χ1n) is 8.39. The van der Waals surface area contributed by atoms with Gasteiger partial charge in [0.05, 0.1) is 24.9 Å². The molecule has 3 atom stereocenters. The predicted molar refractivity (Wildman–Crippen MR) is 95.8 cm³/mol. The number of benzene rings is 1. The van der Waals surface area contributed by atoms with Crippen LogP contribution in [0.4, 0.5) is 0 Å². The van der Waals surface area contributed by atoms with Gasteiger partial charge in [0.2, 0.25) is 10.0 Å². The van der Waals surface area contributed by atoms with Crippen molar-refractivity contribution >= 4 is 21.9 Å². The molecule has 0 spiro atoms. The van der Waals surface area contributed by atoms with E-state index in [0.29, 0.717) is 13.1 Å². The lowest BCUT2D eigenvalue weighted by Crippen LogP contribution is -2.51. The van der Waals surface area contributed by atoms with Crippen LogP contribution in [-0.4, -0.2) is 63.7 Å². The zero-order valence-electron chi connectivity index (χ0n) is 15.7. The van der Waals surface area contributed by atoms with Gasteiger partial charge >= 0.3 is 5.97 Å². The fraction of sp³-hybridized carbons (Fsp3) is 0.529. The van der Waals surface area contributed by atoms with Gasteiger partial charge in [0.1, 0.15) is 10.6 Å². The number of amides is 1. The molecule has 1 fully saturated rings. The molecule has 1 aromatic carbocycles. The summed E-state index contributed by atoms with van der Waals surface area (Å²) in [7, 11) is -2.81. The van der Waals surface area contributed by atoms with Gasteiger partial charge < -0.3 is 19.1 Å². The second-order valence-corrected chi connectivity index (χ2v) is 7.99. The summed E-state index contributed by atoms with van der Waals surface area (Å²) in [4.78, 5) is 26.1. The second kappa shape index (κ2) is 8.24. The molecule has 0 bridgehead atoms. The molecule has 9 nitrogen and oxygen atoms in total. The van der Waals surface area contributed by atoms with Crippen molar-refractivity contribution in [3.8, 4) is 5.75 Å². The lowest BCUT2D eigenvalue weighted by molar-refractivity contribution is -0.151. The first-order chi connectivity index (χ1) is 12.5. The first kappa shape index (κ1) is 21.1. The summed E-state index contributed by atoms with van der Waals surface area (Å²) in [6.45, 7) is 6.00. The normalized spacial score (nSPS) is 21.4. The molecule has 150 valence electrons. The zero-order valence-corrected chi connectivity index (χ0v) is 16.5. The van der Waals surface area contributed by atoms with Crippen molar-refractivity contribution in [3.63, 3.8) is 0 Å². The second-order valence-electron chi connectivity index (χ2n) is 6.46. The van der Waals surface area contributed by atoms with Gasteiger partial charge in [-0.2, -0.15) is 0 Å². The average Bonchev–Trinajstić information content (AvgIpc) is 2.58. The van der Waals surface area contributed by atoms with Crippen LogP contribution in [0.5, 0.6) is 5.75 Å². The van der Waals surface area contributed by atoms with Crippen LogP contribution in [0.15, 0.2) is 23.1 Å². The number of morpholine rings is 1. The van der Waals surface area contributed by atoms with Gasteiger partial charge in [-0.3, -0.25) is 4.79 Å². The van der Waals surface area contributed by atoms with E-state index in [9.17, 15) is 18.0 Å². The maximum absolute atomic E-state index is 12.5. The van der Waals surface area contributed by atoms with Crippen molar-refractivity contribution in [1.29, 1.82) is 0 Å². The third-order valence-electron chi connectivity index (χ3n) is 4.07. The maximum Gasteiger partial charge on any atom is 0.338 e. The number of nitrogens with two attached hydrogens (primary N) is 1. The molecule has 1 amide bonds. The van der Waals surface area contributed by atoms with Crippen molar-refractivity contribution in [1.82, 2.24) is 4.90 Å². The Kier molecular flexibility index (Phi) is 6.45. The fourth-order valence-corrected chi connectivity index (χ4v) is 3.64. The standard InChI is InChI=1S/C17H24N2O7S/c1-10-8-19(9-11(2)25-10)16(20)12(3)26-17(21)13-5-6-14(24-4)15(7-13)27(18,22)23/h5-7,10-12H,8-9H2,1-4H3,(H2,18,22,23). The average molecular weight is 400 g/mol. The summed E-state index contributed by atoms with van der Waals surface area (Å²) in [6, 6.07) is 3.70. The van der Waals surface area contributed by atoms with Crippen LogP contribution in [0.25, 0.3) is 0 Å². The number of esters is 1. The minimum Gasteiger partial charge on any atom is -0.495 e. The van der Waals surface area contributed by atoms with E-state index in [1.165, 1.54) is 26.2 Å². The highest BCUT2D eigenvalue weighted by molar-refractivity contribution is 7.89. The van der Waals surface area contributed by atoms with E-state index < -0.39 is 22.1 Å². The molecule has 1 aliphatic heterocycles. The lowest BCUT2D eigenvalue weighted by atomic mass is 10.2. The summed E-state index contributed by atoms with van der Waals surface area (Å²) in [6.07, 6.45) is -1.26. The molecular formula is C17H24N2O7S. The number of primary sulfonamides is 1. The number of nitrogens with zero attached hydrogens (tertiary/aromatic N) is 1. The van der Waals surface area contributed by atoms with Gasteiger partial charge in [0, 0.05) is 13.1 Å². The highest BCUT2D eigenvalue weighted by atomic mass is 32.2. The fourth-order valence-electron chi connectivity index (χ4n) is 2.92. The number of methoxy groups -OCH3 is 1. The van der Waals surface area contributed by atoms with Crippen molar-refractivity contribution < 1.29 is 32.2 Å². The molecule has 0 aromatic heterocycles. The van der Waals surface area contributed by atoms with E-state index >= 15 is 0 Å². The molecule has 0 radical (unpaired) electrons. The first-order valence-corrected chi connectivity index (χ1v) is 9.93. The molecule has 0 aliphatic carbocycles. The van der Waals surface area contributed by atoms with Gasteiger partial charge in [0.15, 0.2) is 6.10 Å². The Morgan fingerprint density at radius 1 is 1.26 bits per heavy atom. The summed E-state index contributed by atoms with van der Waals surface area (Å²) in [5, 5.41) is 5.14. The van der Waals surface area contributed by atoms with Gasteiger partial charge in [-0.1, -0.05) is 0 Å². The molecule has 2 N–H and O–H groups in total. The van der Waals surface area contributed by atoms with Gasteiger partial charge in [-0.05, 0) is 39.0 Å². The zero-order chi connectivity index (χ0) is 20.4. The minimum atomic E-state index is -4.10. The Morgan fingerprint density at radius 3 is 2.37 bits per heavy atom. The molecular weight excluding hydrogens is 376 g/mol. The molecule has 0 saturated carbocycles. The minimum absolute atomic E-state index is 0.00877. The summed E-state index contributed by atoms with van der Waals surface area (Å²) in [5.41, 5.74) is -0.0526. The lowest BCUT2D eigenvalue weighted by Gasteiger charge is -2.36. The molecule has 3 unspecified atom stereocenters. The molecule has 27 heavy (non-hydrogen) atoms. The van der Waals surface area contributed by atoms with E-state index in [2.05, 4.69) is 0 Å². The monoisotopic (exact) mass is 400 g/mol. The van der Waals surface area contributed by atoms with Crippen LogP contribution in [0, 0.1) is 0 Å². The molecule has 1 saturated heterocycles. The van der Waals surface area contributed by atoms with Crippen LogP contribution in [0.3, 0.4) is 0 Å². The largest absolute Gasteiger partial charge is 0.495 e. The van der Waals surface area contributed by atoms with Crippen molar-refractivity contribution in [2.24, 2.45) is 5.14 Å². The number of rotatable bonds is 5. The Morgan fingerprint density at radius 2 is 1.85 bits per heavy atom. The van der Waals surface area contributed by atoms with E-state index in [4.69, 9.17) is 19.3 Å². The van der Waals surface area contributed by atoms with E-state index in [-0.39, 0.29) is 34.3 Å². The van der Waals surface area contributed by atoms with Crippen LogP contribution in [0.1, 0.15) is 31.1 Å². The Balaban J connectivity index is 2.13. The number of hydrogen-bond donors (Lipinski definition) is 1. The van der Waals surface area contributed by atoms with Crippen LogP contribution < -0.4 is 9.88 Å². The smallest absolute Gasteiger partial charge is 0.338 e. The summed E-state index contributed by atoms with van der Waals surface area (Å²) in [5.74, 6) is -1.17. The molecule has 1 heterocycles. The topological polar surface area (TPSA) is 125 Å². The maximum atomic E-state index is 12.5. The number of carbonyl (C=O) groups is 2. The predicted octanol–water partition coefficient (Wildman–Crippen LogP) is 0.524. The van der Waals surface area contributed by atoms with Crippen LogP contribution >= 0.6 is 0 Å². The summed E-state index contributed by atoms with van der Waals surface area (Å²) < 4.78 is 39.1. The number of hydrogen-bond acceptors (Lipinski definition) is 7. The number of ether oxygens (including phenoxy) is 3. The van der Waals surface area contributed by atoms with Gasteiger partial charge in [0.25, 0.3) is 5.91 Å². The molecule has 1 aliphatic rings. The molecule has 10 heteroatoms. The molecule has 1 aromatic rings. The quantitative estimate of drug-likeness (QED) is 0.714. The van der Waals surface area contributed by atoms with Crippen molar-refractivity contribution in [3.05, 3.63) is 23.8 Å². The van der Waals surface area contributed by atoms with Crippen LogP contribution in [-0.2, 0) is 24.3 Å². The number of carbonyl (C=O) groups excluding carboxylic acids is 2. The number of sulfonamides is 1. The van der Waals surface area contributed by atoms with Gasteiger partial charge in [-0.15, -0.1) is 0 Å². The SMILES string of the molecule is COc1ccc(C(=O)OC(C)C(=O)N2CC(C)OC(C)C2)cc1S(N)(=O)=O. The highest BCUT2D eigenvalue weighted by Gasteiger charge is 2.31. The third kappa shape index (κ3) is 5.18. The summed E-state index contributed by atoms with van der Waals surface area (Å²) >= 11 is 0. The van der Waals surface area contributed by atoms with Gasteiger partial charge in [-0.25, -0.2) is 18.4 Å². The third-order valence-corrected chi connectivity index (χ3v) is 5.00. The molecule has 2 rings (SSSR count). The van der Waals surface area contributed by atoms with Crippen LogP contribution in [0.2, 0.25) is 0 Å². The Labute approximate surface area is 158 Å². The van der Waals surface area contributed by atoms with E-state index in [1.807, 2.05) is 13.8 Å². The Bertz CT molecular complexity index is 815. The Hall–Kier alpha value is -2.17. The van der Waals surface area contributed by atoms with E-state index in [0.717, 1.165) is 6.07 Å².